The van der Waals surface area contributed by atoms with Crippen molar-refractivity contribution in [1.82, 2.24) is 35.4 Å². The Balaban J connectivity index is 0.953. The van der Waals surface area contributed by atoms with Gasteiger partial charge in [0.1, 0.15) is 6.04 Å². The van der Waals surface area contributed by atoms with Crippen LogP contribution in [-0.4, -0.2) is 120 Å². The van der Waals surface area contributed by atoms with Crippen molar-refractivity contribution in [2.24, 2.45) is 0 Å². The molecule has 0 radical (unpaired) electrons. The zero-order chi connectivity index (χ0) is 32.2. The number of urea groups is 1. The Hall–Kier alpha value is -4.13. The number of nitrogens with zero attached hydrogens (tertiary/aromatic N) is 4. The fraction of sp³-hybridized carbons (Fsp3) is 0.514. The molecule has 12 heteroatoms. The minimum Gasteiger partial charge on any atom is -0.361 e. The van der Waals surface area contributed by atoms with Crippen molar-refractivity contribution in [2.75, 3.05) is 64.2 Å². The summed E-state index contributed by atoms with van der Waals surface area (Å²) >= 11 is 0. The predicted molar refractivity (Wildman–Crippen MR) is 180 cm³/mol. The Labute approximate surface area is 275 Å². The van der Waals surface area contributed by atoms with E-state index in [-0.39, 0.29) is 18.0 Å². The summed E-state index contributed by atoms with van der Waals surface area (Å²) in [5.74, 6) is -0.0760. The first-order valence-corrected chi connectivity index (χ1v) is 17.2. The van der Waals surface area contributed by atoms with Crippen LogP contribution in [0.2, 0.25) is 0 Å². The number of hydrogen-bond acceptors (Lipinski definition) is 7. The van der Waals surface area contributed by atoms with Gasteiger partial charge in [0.2, 0.25) is 5.91 Å². The van der Waals surface area contributed by atoms with Crippen molar-refractivity contribution < 1.29 is 19.2 Å². The zero-order valence-electron chi connectivity index (χ0n) is 27.0. The molecule has 3 aromatic rings. The number of anilines is 1. The number of piperidine rings is 2. The van der Waals surface area contributed by atoms with Crippen LogP contribution in [0.15, 0.2) is 54.7 Å². The van der Waals surface area contributed by atoms with Gasteiger partial charge in [0.25, 0.3) is 0 Å². The van der Waals surface area contributed by atoms with E-state index >= 15 is 0 Å². The average Bonchev–Trinajstić information content (AvgIpc) is 3.50. The Bertz CT molecular complexity index is 1560. The molecule has 12 nitrogen and oxygen atoms in total. The summed E-state index contributed by atoms with van der Waals surface area (Å²) in [6.45, 7) is 6.75. The molecule has 3 saturated heterocycles. The Morgan fingerprint density at radius 1 is 0.894 bits per heavy atom. The highest BCUT2D eigenvalue weighted by molar-refractivity contribution is 5.91. The smallest absolute Gasteiger partial charge is 0.361 e. The topological polar surface area (TPSA) is 125 Å². The highest BCUT2D eigenvalue weighted by Gasteiger charge is 2.34. The van der Waals surface area contributed by atoms with E-state index in [1.165, 1.54) is 0 Å². The van der Waals surface area contributed by atoms with Gasteiger partial charge in [0, 0.05) is 81.7 Å². The summed E-state index contributed by atoms with van der Waals surface area (Å²) in [6.07, 6.45) is 6.11. The molecule has 3 fully saturated rings. The van der Waals surface area contributed by atoms with E-state index in [1.807, 2.05) is 52.4 Å². The van der Waals surface area contributed by atoms with Crippen LogP contribution in [0.3, 0.4) is 0 Å². The average molecular weight is 643 g/mol. The number of benzene rings is 2. The number of para-hydroxylation sites is 1. The summed E-state index contributed by atoms with van der Waals surface area (Å²) in [5, 5.41) is 12.1. The third kappa shape index (κ3) is 7.39. The number of rotatable bonds is 7. The summed E-state index contributed by atoms with van der Waals surface area (Å²) < 4.78 is 0. The van der Waals surface area contributed by atoms with E-state index in [4.69, 9.17) is 4.84 Å². The molecule has 1 atom stereocenters. The summed E-state index contributed by atoms with van der Waals surface area (Å²) in [7, 11) is 0. The zero-order valence-corrected chi connectivity index (χ0v) is 27.0. The molecule has 0 spiro atoms. The van der Waals surface area contributed by atoms with Crippen molar-refractivity contribution in [3.8, 4) is 0 Å². The van der Waals surface area contributed by atoms with Gasteiger partial charge >= 0.3 is 12.1 Å². The first kappa shape index (κ1) is 31.5. The fourth-order valence-corrected chi connectivity index (χ4v) is 7.63. The van der Waals surface area contributed by atoms with Crippen molar-refractivity contribution in [2.45, 2.75) is 56.7 Å². The second-order valence-electron chi connectivity index (χ2n) is 13.2. The molecule has 2 aromatic carbocycles. The highest BCUT2D eigenvalue weighted by Crippen LogP contribution is 2.25. The van der Waals surface area contributed by atoms with Gasteiger partial charge in [-0.05, 0) is 86.0 Å². The number of amides is 4. The molecule has 0 bridgehead atoms. The number of hydrogen-bond donors (Lipinski definition) is 4. The molecular formula is C35H46N8O4. The maximum Gasteiger partial charge on any atom is 0.426 e. The molecule has 7 rings (SSSR count). The van der Waals surface area contributed by atoms with E-state index in [0.717, 1.165) is 73.2 Å². The SMILES string of the molecule is O=C(NC(Cc1ccc2[nH]ccc2c1)C(=O)N1CCN(C2CCNCC2)CC1)ON1CCC(N2CCc3ccccc3NC2=O)CC1. The molecule has 1 aromatic heterocycles. The number of aromatic nitrogens is 1. The Morgan fingerprint density at radius 2 is 1.68 bits per heavy atom. The van der Waals surface area contributed by atoms with E-state index in [1.54, 1.807) is 5.06 Å². The van der Waals surface area contributed by atoms with Crippen molar-refractivity contribution in [1.29, 1.82) is 0 Å². The van der Waals surface area contributed by atoms with Crippen LogP contribution in [0.25, 0.3) is 10.9 Å². The second kappa shape index (κ2) is 14.3. The van der Waals surface area contributed by atoms with Gasteiger partial charge < -0.3 is 35.6 Å². The molecule has 4 N–H and O–H groups in total. The van der Waals surface area contributed by atoms with E-state index in [2.05, 4.69) is 38.0 Å². The molecular weight excluding hydrogens is 596 g/mol. The standard InChI is InChI=1S/C35H46N8O4/c44-33(41-21-19-40(20-22-41)28-8-13-36-14-9-28)32(24-25-5-6-30-27(23-25)7-15-37-30)39-35(46)47-42-16-11-29(12-17-42)43-18-10-26-3-1-2-4-31(26)38-34(43)45/h1-7,15,23,28-29,32,36-37H,8-14,16-22,24H2,(H,38,45)(H,39,46). The lowest BCUT2D eigenvalue weighted by molar-refractivity contribution is -0.137. The van der Waals surface area contributed by atoms with Crippen LogP contribution in [0.1, 0.15) is 36.8 Å². The number of H-pyrrole nitrogens is 1. The molecule has 47 heavy (non-hydrogen) atoms. The maximum absolute atomic E-state index is 13.9. The quantitative estimate of drug-likeness (QED) is 0.312. The number of piperazine rings is 1. The number of hydroxylamine groups is 2. The lowest BCUT2D eigenvalue weighted by Crippen LogP contribution is -2.58. The number of fused-ring (bicyclic) bond motifs is 2. The molecule has 250 valence electrons. The van der Waals surface area contributed by atoms with E-state index in [9.17, 15) is 14.4 Å². The lowest BCUT2D eigenvalue weighted by Gasteiger charge is -2.41. The van der Waals surface area contributed by atoms with E-state index < -0.39 is 12.1 Å². The summed E-state index contributed by atoms with van der Waals surface area (Å²) in [4.78, 5) is 55.6. The van der Waals surface area contributed by atoms with Crippen LogP contribution in [-0.2, 0) is 22.5 Å². The van der Waals surface area contributed by atoms with Crippen LogP contribution in [0.5, 0.6) is 0 Å². The van der Waals surface area contributed by atoms with Crippen LogP contribution < -0.4 is 16.0 Å². The Kier molecular flexibility index (Phi) is 9.59. The predicted octanol–water partition coefficient (Wildman–Crippen LogP) is 3.17. The van der Waals surface area contributed by atoms with Crippen LogP contribution >= 0.6 is 0 Å². The van der Waals surface area contributed by atoms with Crippen LogP contribution in [0.4, 0.5) is 15.3 Å². The second-order valence-corrected chi connectivity index (χ2v) is 13.2. The monoisotopic (exact) mass is 642 g/mol. The normalized spacial score (nSPS) is 21.1. The van der Waals surface area contributed by atoms with Gasteiger partial charge in [-0.15, -0.1) is 5.06 Å². The van der Waals surface area contributed by atoms with Gasteiger partial charge in [-0.2, -0.15) is 0 Å². The molecule has 4 aliphatic heterocycles. The third-order valence-corrected chi connectivity index (χ3v) is 10.3. The number of aromatic amines is 1. The number of carbonyl (C=O) groups is 3. The van der Waals surface area contributed by atoms with Crippen molar-refractivity contribution in [3.05, 3.63) is 65.9 Å². The molecule has 0 saturated carbocycles. The fourth-order valence-electron chi connectivity index (χ4n) is 7.63. The maximum atomic E-state index is 13.9. The molecule has 1 unspecified atom stereocenters. The number of nitrogens with one attached hydrogen (secondary N) is 4. The molecule has 5 heterocycles. The summed E-state index contributed by atoms with van der Waals surface area (Å²) in [6, 6.07) is 15.8. The third-order valence-electron chi connectivity index (χ3n) is 10.3. The first-order valence-electron chi connectivity index (χ1n) is 17.2. The van der Waals surface area contributed by atoms with Gasteiger partial charge in [-0.1, -0.05) is 24.3 Å². The van der Waals surface area contributed by atoms with Gasteiger partial charge in [0.05, 0.1) is 0 Å². The van der Waals surface area contributed by atoms with Crippen molar-refractivity contribution >= 4 is 34.6 Å². The van der Waals surface area contributed by atoms with Crippen molar-refractivity contribution in [3.63, 3.8) is 0 Å². The minimum absolute atomic E-state index is 0.0634. The Morgan fingerprint density at radius 3 is 2.49 bits per heavy atom. The van der Waals surface area contributed by atoms with Gasteiger partial charge in [-0.25, -0.2) is 9.59 Å². The summed E-state index contributed by atoms with van der Waals surface area (Å²) in [5.41, 5.74) is 4.02. The van der Waals surface area contributed by atoms with Crippen LogP contribution in [0, 0.1) is 0 Å². The highest BCUT2D eigenvalue weighted by atomic mass is 16.7. The lowest BCUT2D eigenvalue weighted by atomic mass is 10.0. The molecule has 4 amide bonds. The van der Waals surface area contributed by atoms with E-state index in [0.29, 0.717) is 58.0 Å². The largest absolute Gasteiger partial charge is 0.426 e. The molecule has 0 aliphatic carbocycles. The van der Waals surface area contributed by atoms with Gasteiger partial charge in [0.15, 0.2) is 0 Å². The minimum atomic E-state index is -0.746. The van der Waals surface area contributed by atoms with Gasteiger partial charge in [-0.3, -0.25) is 9.69 Å². The first-order chi connectivity index (χ1) is 23.0. The number of carbonyl (C=O) groups excluding carboxylic acids is 3. The molecule has 4 aliphatic rings.